The first-order chi connectivity index (χ1) is 9.11. The lowest BCUT2D eigenvalue weighted by Crippen LogP contribution is -2.01. The van der Waals surface area contributed by atoms with Gasteiger partial charge in [-0.1, -0.05) is 4.49 Å². The summed E-state index contributed by atoms with van der Waals surface area (Å²) in [6.45, 7) is -0.0188. The second kappa shape index (κ2) is 5.28. The molecule has 0 unspecified atom stereocenters. The largest absolute Gasteiger partial charge is 0.480 e. The molecule has 1 heterocycles. The standard InChI is InChI=1S/C10H7N5O3S/c11-4-6-1-2-9(8(3-6)15(16)17)18-5-7-10(12)19-14-13-7/h1-3H,5,12H2. The van der Waals surface area contributed by atoms with Crippen LogP contribution in [0.1, 0.15) is 11.3 Å². The predicted molar refractivity (Wildman–Crippen MR) is 66.5 cm³/mol. The van der Waals surface area contributed by atoms with Gasteiger partial charge in [-0.2, -0.15) is 5.26 Å². The monoisotopic (exact) mass is 277 g/mol. The van der Waals surface area contributed by atoms with Crippen LogP contribution >= 0.6 is 11.5 Å². The number of nitrogens with zero attached hydrogens (tertiary/aromatic N) is 4. The number of benzene rings is 1. The lowest BCUT2D eigenvalue weighted by Gasteiger charge is -2.05. The molecule has 0 saturated heterocycles. The van der Waals surface area contributed by atoms with E-state index < -0.39 is 4.92 Å². The molecule has 2 aromatic rings. The molecule has 0 aliphatic carbocycles. The fourth-order valence-corrected chi connectivity index (χ4v) is 1.75. The van der Waals surface area contributed by atoms with Gasteiger partial charge in [0.15, 0.2) is 5.75 Å². The zero-order chi connectivity index (χ0) is 13.8. The minimum atomic E-state index is -0.612. The Morgan fingerprint density at radius 1 is 1.58 bits per heavy atom. The molecule has 19 heavy (non-hydrogen) atoms. The van der Waals surface area contributed by atoms with Crippen LogP contribution in [0, 0.1) is 21.4 Å². The van der Waals surface area contributed by atoms with Gasteiger partial charge in [0, 0.05) is 17.6 Å². The Hall–Kier alpha value is -2.73. The highest BCUT2D eigenvalue weighted by atomic mass is 32.1. The average Bonchev–Trinajstić information content (AvgIpc) is 2.81. The highest BCUT2D eigenvalue weighted by molar-refractivity contribution is 7.09. The minimum absolute atomic E-state index is 0.0188. The van der Waals surface area contributed by atoms with Crippen molar-refractivity contribution in [2.45, 2.75) is 6.61 Å². The Morgan fingerprint density at radius 2 is 2.37 bits per heavy atom. The molecule has 0 amide bonds. The second-order valence-electron chi connectivity index (χ2n) is 3.42. The first-order valence-corrected chi connectivity index (χ1v) is 5.77. The first kappa shape index (κ1) is 12.7. The third kappa shape index (κ3) is 2.75. The third-order valence-corrected chi connectivity index (χ3v) is 2.83. The zero-order valence-electron chi connectivity index (χ0n) is 9.44. The Labute approximate surface area is 111 Å². The summed E-state index contributed by atoms with van der Waals surface area (Å²) in [5.41, 5.74) is 5.92. The van der Waals surface area contributed by atoms with Crippen LogP contribution in [0.5, 0.6) is 5.75 Å². The van der Waals surface area contributed by atoms with E-state index in [0.717, 1.165) is 17.6 Å². The van der Waals surface area contributed by atoms with E-state index in [0.29, 0.717) is 10.7 Å². The van der Waals surface area contributed by atoms with Crippen molar-refractivity contribution in [2.75, 3.05) is 5.73 Å². The minimum Gasteiger partial charge on any atom is -0.480 e. The fourth-order valence-electron chi connectivity index (χ4n) is 1.31. The van der Waals surface area contributed by atoms with Gasteiger partial charge in [-0.3, -0.25) is 10.1 Å². The molecule has 0 atom stereocenters. The number of hydrogen-bond acceptors (Lipinski definition) is 8. The molecule has 0 radical (unpaired) electrons. The maximum Gasteiger partial charge on any atom is 0.312 e. The number of rotatable bonds is 4. The molecule has 2 N–H and O–H groups in total. The molecule has 96 valence electrons. The van der Waals surface area contributed by atoms with Crippen LogP contribution in [0.25, 0.3) is 0 Å². The number of aromatic nitrogens is 2. The van der Waals surface area contributed by atoms with Crippen LogP contribution in [0.4, 0.5) is 10.7 Å². The number of hydrogen-bond donors (Lipinski definition) is 1. The van der Waals surface area contributed by atoms with Gasteiger partial charge >= 0.3 is 5.69 Å². The van der Waals surface area contributed by atoms with Gasteiger partial charge in [0.1, 0.15) is 17.3 Å². The van der Waals surface area contributed by atoms with Crippen molar-refractivity contribution >= 4 is 22.2 Å². The summed E-state index contributed by atoms with van der Waals surface area (Å²) in [5.74, 6) is 0.0522. The summed E-state index contributed by atoms with van der Waals surface area (Å²) in [4.78, 5) is 10.3. The SMILES string of the molecule is N#Cc1ccc(OCc2nnsc2N)c([N+](=O)[O-])c1. The maximum absolute atomic E-state index is 10.9. The van der Waals surface area contributed by atoms with Crippen molar-refractivity contribution < 1.29 is 9.66 Å². The lowest BCUT2D eigenvalue weighted by atomic mass is 10.2. The van der Waals surface area contributed by atoms with Crippen molar-refractivity contribution in [3.63, 3.8) is 0 Å². The van der Waals surface area contributed by atoms with Crippen LogP contribution in [0.2, 0.25) is 0 Å². The Morgan fingerprint density at radius 3 is 2.95 bits per heavy atom. The van der Waals surface area contributed by atoms with E-state index in [1.165, 1.54) is 12.1 Å². The summed E-state index contributed by atoms with van der Waals surface area (Å²) in [6, 6.07) is 5.78. The lowest BCUT2D eigenvalue weighted by molar-refractivity contribution is -0.386. The second-order valence-corrected chi connectivity index (χ2v) is 4.21. The predicted octanol–water partition coefficient (Wildman–Crippen LogP) is 1.48. The summed E-state index contributed by atoms with van der Waals surface area (Å²) in [7, 11) is 0. The summed E-state index contributed by atoms with van der Waals surface area (Å²) in [6.07, 6.45) is 0. The molecular weight excluding hydrogens is 270 g/mol. The maximum atomic E-state index is 10.9. The molecule has 0 bridgehead atoms. The molecule has 9 heteroatoms. The highest BCUT2D eigenvalue weighted by Crippen LogP contribution is 2.29. The molecule has 2 rings (SSSR count). The molecule has 1 aromatic carbocycles. The highest BCUT2D eigenvalue weighted by Gasteiger charge is 2.17. The number of ether oxygens (including phenoxy) is 1. The van der Waals surface area contributed by atoms with Crippen LogP contribution in [0.15, 0.2) is 18.2 Å². The van der Waals surface area contributed by atoms with Crippen molar-refractivity contribution in [1.82, 2.24) is 9.59 Å². The van der Waals surface area contributed by atoms with Gasteiger partial charge < -0.3 is 10.5 Å². The fraction of sp³-hybridized carbons (Fsp3) is 0.100. The molecule has 0 aliphatic heterocycles. The van der Waals surface area contributed by atoms with Gasteiger partial charge in [0.2, 0.25) is 0 Å². The zero-order valence-corrected chi connectivity index (χ0v) is 10.3. The van der Waals surface area contributed by atoms with Crippen molar-refractivity contribution in [3.8, 4) is 11.8 Å². The van der Waals surface area contributed by atoms with Gasteiger partial charge in [-0.05, 0) is 12.1 Å². The van der Waals surface area contributed by atoms with Gasteiger partial charge in [0.05, 0.1) is 16.6 Å². The van der Waals surface area contributed by atoms with Crippen LogP contribution in [0.3, 0.4) is 0 Å². The number of nitrogen functional groups attached to an aromatic ring is 1. The normalized spacial score (nSPS) is 9.84. The van der Waals surface area contributed by atoms with Crippen molar-refractivity contribution in [1.29, 1.82) is 5.26 Å². The van der Waals surface area contributed by atoms with E-state index in [2.05, 4.69) is 9.59 Å². The number of nitriles is 1. The van der Waals surface area contributed by atoms with Gasteiger partial charge in [-0.25, -0.2) is 0 Å². The Kier molecular flexibility index (Phi) is 3.53. The quantitative estimate of drug-likeness (QED) is 0.661. The van der Waals surface area contributed by atoms with Crippen LogP contribution in [-0.4, -0.2) is 14.5 Å². The van der Waals surface area contributed by atoms with Crippen molar-refractivity contribution in [2.24, 2.45) is 0 Å². The summed E-state index contributed by atoms with van der Waals surface area (Å²) in [5, 5.41) is 23.7. The number of nitro groups is 1. The third-order valence-electron chi connectivity index (χ3n) is 2.23. The number of anilines is 1. The van der Waals surface area contributed by atoms with Gasteiger partial charge in [-0.15, -0.1) is 5.10 Å². The van der Waals surface area contributed by atoms with E-state index >= 15 is 0 Å². The smallest absolute Gasteiger partial charge is 0.312 e. The summed E-state index contributed by atoms with van der Waals surface area (Å²) >= 11 is 1.02. The Balaban J connectivity index is 2.23. The molecule has 0 fully saturated rings. The molecule has 8 nitrogen and oxygen atoms in total. The first-order valence-electron chi connectivity index (χ1n) is 5.00. The van der Waals surface area contributed by atoms with E-state index in [4.69, 9.17) is 15.7 Å². The van der Waals surface area contributed by atoms with E-state index in [9.17, 15) is 10.1 Å². The molecule has 0 spiro atoms. The van der Waals surface area contributed by atoms with Crippen LogP contribution < -0.4 is 10.5 Å². The average molecular weight is 277 g/mol. The van der Waals surface area contributed by atoms with E-state index in [1.54, 1.807) is 0 Å². The molecule has 0 saturated carbocycles. The Bertz CT molecular complexity index is 663. The van der Waals surface area contributed by atoms with Crippen molar-refractivity contribution in [3.05, 3.63) is 39.6 Å². The topological polar surface area (TPSA) is 128 Å². The molecular formula is C10H7N5O3S. The molecule has 0 aliphatic rings. The molecule has 1 aromatic heterocycles. The van der Waals surface area contributed by atoms with E-state index in [-0.39, 0.29) is 23.6 Å². The number of nitrogens with two attached hydrogens (primary N) is 1. The van der Waals surface area contributed by atoms with Gasteiger partial charge in [0.25, 0.3) is 0 Å². The summed E-state index contributed by atoms with van der Waals surface area (Å²) < 4.78 is 8.92. The van der Waals surface area contributed by atoms with E-state index in [1.807, 2.05) is 6.07 Å². The van der Waals surface area contributed by atoms with Crippen LogP contribution in [-0.2, 0) is 6.61 Å². The number of nitro benzene ring substituents is 1.